The zero-order valence-electron chi connectivity index (χ0n) is 19.4. The molecule has 0 saturated carbocycles. The molecule has 4 rings (SSSR count). The van der Waals surface area contributed by atoms with E-state index in [0.29, 0.717) is 56.9 Å². The average Bonchev–Trinajstić information content (AvgIpc) is 3.35. The maximum atomic E-state index is 13.5. The fraction of sp³-hybridized carbons (Fsp3) is 0.458. The number of anilines is 1. The maximum absolute atomic E-state index is 13.5. The summed E-state index contributed by atoms with van der Waals surface area (Å²) in [6, 6.07) is 12.2. The number of sulfonamides is 1. The molecule has 2 heterocycles. The van der Waals surface area contributed by atoms with Crippen molar-refractivity contribution < 1.29 is 22.7 Å². The highest BCUT2D eigenvalue weighted by molar-refractivity contribution is 7.89. The van der Waals surface area contributed by atoms with Crippen LogP contribution in [0.25, 0.3) is 0 Å². The number of hydrogen-bond donors (Lipinski definition) is 0. The summed E-state index contributed by atoms with van der Waals surface area (Å²) in [7, 11) is -0.660. The van der Waals surface area contributed by atoms with E-state index in [9.17, 15) is 13.2 Å². The number of piperazine rings is 1. The van der Waals surface area contributed by atoms with Crippen molar-refractivity contribution in [3.63, 3.8) is 0 Å². The van der Waals surface area contributed by atoms with Crippen molar-refractivity contribution in [2.45, 2.75) is 30.7 Å². The van der Waals surface area contributed by atoms with Crippen molar-refractivity contribution in [2.24, 2.45) is 0 Å². The molecule has 0 aromatic heterocycles. The maximum Gasteiger partial charge on any atom is 0.244 e. The first kappa shape index (κ1) is 23.4. The highest BCUT2D eigenvalue weighted by atomic mass is 32.2. The molecule has 0 radical (unpaired) electrons. The molecule has 2 saturated heterocycles. The molecule has 178 valence electrons. The fourth-order valence-corrected chi connectivity index (χ4v) is 6.55. The topological polar surface area (TPSA) is 79.4 Å². The van der Waals surface area contributed by atoms with Gasteiger partial charge >= 0.3 is 0 Å². The second-order valence-corrected chi connectivity index (χ2v) is 10.2. The minimum absolute atomic E-state index is 0.115. The first-order valence-electron chi connectivity index (χ1n) is 11.2. The summed E-state index contributed by atoms with van der Waals surface area (Å²) in [6.45, 7) is 4.52. The Morgan fingerprint density at radius 3 is 2.39 bits per heavy atom. The van der Waals surface area contributed by atoms with Crippen molar-refractivity contribution in [1.82, 2.24) is 9.21 Å². The van der Waals surface area contributed by atoms with Crippen LogP contribution in [0.5, 0.6) is 11.5 Å². The Morgan fingerprint density at radius 2 is 1.70 bits per heavy atom. The van der Waals surface area contributed by atoms with Crippen molar-refractivity contribution in [3.8, 4) is 11.5 Å². The third-order valence-electron chi connectivity index (χ3n) is 6.49. The van der Waals surface area contributed by atoms with Crippen LogP contribution in [0.1, 0.15) is 18.4 Å². The minimum atomic E-state index is -3.82. The van der Waals surface area contributed by atoms with Gasteiger partial charge in [0, 0.05) is 38.8 Å². The molecular formula is C24H31N3O5S. The van der Waals surface area contributed by atoms with Crippen LogP contribution in [0.3, 0.4) is 0 Å². The molecule has 0 N–H and O–H groups in total. The molecule has 2 aliphatic rings. The number of amides is 1. The zero-order valence-corrected chi connectivity index (χ0v) is 20.2. The van der Waals surface area contributed by atoms with Gasteiger partial charge in [0.15, 0.2) is 0 Å². The first-order valence-corrected chi connectivity index (χ1v) is 12.6. The molecule has 33 heavy (non-hydrogen) atoms. The molecule has 2 fully saturated rings. The Balaban J connectivity index is 1.49. The molecule has 9 heteroatoms. The van der Waals surface area contributed by atoms with E-state index in [-0.39, 0.29) is 10.8 Å². The number of para-hydroxylation sites is 2. The predicted octanol–water partition coefficient (Wildman–Crippen LogP) is 2.51. The quantitative estimate of drug-likeness (QED) is 0.642. The normalized spacial score (nSPS) is 19.5. The Bertz CT molecular complexity index is 1110. The van der Waals surface area contributed by atoms with Crippen LogP contribution in [-0.2, 0) is 14.8 Å². The molecule has 2 aromatic rings. The Labute approximate surface area is 195 Å². The number of ether oxygens (including phenoxy) is 2. The van der Waals surface area contributed by atoms with Gasteiger partial charge in [-0.05, 0) is 43.5 Å². The lowest BCUT2D eigenvalue weighted by molar-refractivity contribution is -0.134. The lowest BCUT2D eigenvalue weighted by Crippen LogP contribution is -2.54. The number of benzene rings is 2. The fourth-order valence-electron chi connectivity index (χ4n) is 4.66. The van der Waals surface area contributed by atoms with Crippen molar-refractivity contribution in [3.05, 3.63) is 48.0 Å². The lowest BCUT2D eigenvalue weighted by Gasteiger charge is -2.38. The van der Waals surface area contributed by atoms with Gasteiger partial charge < -0.3 is 19.3 Å². The van der Waals surface area contributed by atoms with Crippen molar-refractivity contribution >= 4 is 21.6 Å². The van der Waals surface area contributed by atoms with E-state index in [1.165, 1.54) is 17.5 Å². The van der Waals surface area contributed by atoms with Crippen LogP contribution in [0, 0.1) is 6.92 Å². The second-order valence-electron chi connectivity index (χ2n) is 8.39. The van der Waals surface area contributed by atoms with E-state index >= 15 is 0 Å². The molecule has 2 aliphatic heterocycles. The minimum Gasteiger partial charge on any atom is -0.497 e. The van der Waals surface area contributed by atoms with E-state index in [4.69, 9.17) is 9.47 Å². The van der Waals surface area contributed by atoms with Crippen LogP contribution in [0.2, 0.25) is 0 Å². The van der Waals surface area contributed by atoms with Gasteiger partial charge in [-0.1, -0.05) is 18.2 Å². The monoisotopic (exact) mass is 473 g/mol. The largest absolute Gasteiger partial charge is 0.497 e. The molecule has 1 amide bonds. The second kappa shape index (κ2) is 9.61. The van der Waals surface area contributed by atoms with Gasteiger partial charge in [0.1, 0.15) is 17.5 Å². The summed E-state index contributed by atoms with van der Waals surface area (Å²) >= 11 is 0. The van der Waals surface area contributed by atoms with E-state index < -0.39 is 16.1 Å². The Kier molecular flexibility index (Phi) is 6.81. The number of carbonyl (C=O) groups excluding carboxylic acids is 1. The summed E-state index contributed by atoms with van der Waals surface area (Å²) in [5.74, 6) is 1.17. The number of methoxy groups -OCH3 is 2. The van der Waals surface area contributed by atoms with E-state index in [0.717, 1.165) is 11.4 Å². The summed E-state index contributed by atoms with van der Waals surface area (Å²) in [4.78, 5) is 17.6. The zero-order chi connectivity index (χ0) is 23.6. The van der Waals surface area contributed by atoms with Gasteiger partial charge in [-0.2, -0.15) is 4.31 Å². The summed E-state index contributed by atoms with van der Waals surface area (Å²) in [5.41, 5.74) is 1.64. The van der Waals surface area contributed by atoms with Gasteiger partial charge in [0.2, 0.25) is 15.9 Å². The third-order valence-corrected chi connectivity index (χ3v) is 8.54. The number of aryl methyl sites for hydroxylation is 1. The predicted molar refractivity (Wildman–Crippen MR) is 126 cm³/mol. The van der Waals surface area contributed by atoms with Crippen molar-refractivity contribution in [1.29, 1.82) is 0 Å². The van der Waals surface area contributed by atoms with E-state index in [1.807, 2.05) is 24.3 Å². The van der Waals surface area contributed by atoms with E-state index in [1.54, 1.807) is 31.1 Å². The molecule has 2 aromatic carbocycles. The van der Waals surface area contributed by atoms with Crippen LogP contribution >= 0.6 is 0 Å². The Hall–Kier alpha value is -2.78. The number of rotatable bonds is 6. The SMILES string of the molecule is COc1ccc(C)c(S(=O)(=O)N2CCCC2C(=O)N2CCN(c3ccccc3OC)CC2)c1. The Morgan fingerprint density at radius 1 is 0.970 bits per heavy atom. The summed E-state index contributed by atoms with van der Waals surface area (Å²) in [6.07, 6.45) is 1.20. The molecular weight excluding hydrogens is 442 g/mol. The smallest absolute Gasteiger partial charge is 0.244 e. The molecule has 0 bridgehead atoms. The molecule has 0 aliphatic carbocycles. The molecule has 1 atom stereocenters. The number of nitrogens with zero attached hydrogens (tertiary/aromatic N) is 3. The van der Waals surface area contributed by atoms with Crippen LogP contribution in [0.4, 0.5) is 5.69 Å². The van der Waals surface area contributed by atoms with E-state index in [2.05, 4.69) is 4.90 Å². The standard InChI is InChI=1S/C24H31N3O5S/c1-18-10-11-19(31-2)17-23(18)33(29,30)27-12-6-8-21(27)24(28)26-15-13-25(14-16-26)20-7-4-5-9-22(20)32-3/h4-5,7,9-11,17,21H,6,8,12-16H2,1-3H3. The molecule has 1 unspecified atom stereocenters. The average molecular weight is 474 g/mol. The van der Waals surface area contributed by atoms with Gasteiger partial charge in [-0.3, -0.25) is 4.79 Å². The summed E-state index contributed by atoms with van der Waals surface area (Å²) in [5, 5.41) is 0. The van der Waals surface area contributed by atoms with Gasteiger partial charge in [0.05, 0.1) is 24.8 Å². The summed E-state index contributed by atoms with van der Waals surface area (Å²) < 4.78 is 39.1. The lowest BCUT2D eigenvalue weighted by atomic mass is 10.1. The third kappa shape index (κ3) is 4.52. The number of carbonyl (C=O) groups is 1. The molecule has 8 nitrogen and oxygen atoms in total. The van der Waals surface area contributed by atoms with Gasteiger partial charge in [0.25, 0.3) is 0 Å². The first-order chi connectivity index (χ1) is 15.9. The molecule has 0 spiro atoms. The van der Waals surface area contributed by atoms with Crippen molar-refractivity contribution in [2.75, 3.05) is 51.8 Å². The van der Waals surface area contributed by atoms with Gasteiger partial charge in [-0.25, -0.2) is 8.42 Å². The highest BCUT2D eigenvalue weighted by Crippen LogP contribution is 2.32. The highest BCUT2D eigenvalue weighted by Gasteiger charge is 2.42. The van der Waals surface area contributed by atoms with Gasteiger partial charge in [-0.15, -0.1) is 0 Å². The van der Waals surface area contributed by atoms with Crippen LogP contribution in [0.15, 0.2) is 47.4 Å². The number of hydrogen-bond acceptors (Lipinski definition) is 6. The van der Waals surface area contributed by atoms with Crippen LogP contribution < -0.4 is 14.4 Å². The van der Waals surface area contributed by atoms with Crippen LogP contribution in [-0.4, -0.2) is 76.5 Å².